The van der Waals surface area contributed by atoms with Crippen LogP contribution in [0.3, 0.4) is 0 Å². The summed E-state index contributed by atoms with van der Waals surface area (Å²) in [5, 5.41) is 8.81. The van der Waals surface area contributed by atoms with Crippen LogP contribution >= 0.6 is 11.6 Å². The summed E-state index contributed by atoms with van der Waals surface area (Å²) < 4.78 is 0. The Morgan fingerprint density at radius 1 is 1.80 bits per heavy atom. The molecule has 54 valence electrons. The van der Waals surface area contributed by atoms with Crippen LogP contribution in [0.2, 0.25) is 5.02 Å². The van der Waals surface area contributed by atoms with E-state index >= 15 is 0 Å². The molecule has 0 radical (unpaired) electrons. The Kier molecular flexibility index (Phi) is 1.97. The average molecular weight is 160 g/mol. The Morgan fingerprint density at radius 3 is 2.90 bits per heavy atom. The molecular weight excluding hydrogens is 154 g/mol. The van der Waals surface area contributed by atoms with Crippen molar-refractivity contribution < 1.29 is 9.90 Å². The van der Waals surface area contributed by atoms with Crippen LogP contribution in [-0.4, -0.2) is 16.1 Å². The van der Waals surface area contributed by atoms with Crippen molar-refractivity contribution in [2.24, 2.45) is 0 Å². The van der Waals surface area contributed by atoms with Crippen LogP contribution in [0.15, 0.2) is 12.3 Å². The van der Waals surface area contributed by atoms with Gasteiger partial charge in [-0.25, -0.2) is 0 Å². The number of hydrogen-bond donors (Lipinski definition) is 2. The maximum atomic E-state index is 10.1. The molecule has 0 unspecified atom stereocenters. The summed E-state index contributed by atoms with van der Waals surface area (Å²) in [4.78, 5) is 12.9. The van der Waals surface area contributed by atoms with Crippen LogP contribution in [0.5, 0.6) is 0 Å². The fourth-order valence-corrected chi connectivity index (χ4v) is 0.856. The van der Waals surface area contributed by atoms with E-state index in [0.717, 1.165) is 0 Å². The summed E-state index contributed by atoms with van der Waals surface area (Å²) in [5.74, 6) is -0.885. The highest BCUT2D eigenvalue weighted by Crippen LogP contribution is 2.13. The van der Waals surface area contributed by atoms with Crippen LogP contribution in [0.4, 0.5) is 0 Å². The number of hydrogen-bond acceptors (Lipinski definition) is 1. The molecule has 1 aromatic heterocycles. The van der Waals surface area contributed by atoms with Gasteiger partial charge in [0, 0.05) is 11.9 Å². The third kappa shape index (κ3) is 1.51. The minimum Gasteiger partial charge on any atom is -0.481 e. The smallest absolute Gasteiger partial charge is 0.309 e. The first-order chi connectivity index (χ1) is 4.70. The van der Waals surface area contributed by atoms with E-state index in [1.54, 1.807) is 12.3 Å². The van der Waals surface area contributed by atoms with Crippen molar-refractivity contribution in [3.8, 4) is 0 Å². The SMILES string of the molecule is O=C(O)Cc1[nH]ccc1Cl. The van der Waals surface area contributed by atoms with Gasteiger partial charge in [-0.05, 0) is 6.07 Å². The van der Waals surface area contributed by atoms with Gasteiger partial charge in [0.25, 0.3) is 0 Å². The molecule has 10 heavy (non-hydrogen) atoms. The molecule has 0 aliphatic carbocycles. The van der Waals surface area contributed by atoms with E-state index in [1.165, 1.54) is 0 Å². The minimum atomic E-state index is -0.885. The van der Waals surface area contributed by atoms with Gasteiger partial charge in [0.15, 0.2) is 0 Å². The number of halogens is 1. The molecule has 0 atom stereocenters. The van der Waals surface area contributed by atoms with Gasteiger partial charge in [-0.15, -0.1) is 0 Å². The lowest BCUT2D eigenvalue weighted by atomic mass is 10.3. The van der Waals surface area contributed by atoms with Crippen LogP contribution in [0.1, 0.15) is 5.69 Å². The summed E-state index contributed by atoms with van der Waals surface area (Å²) in [7, 11) is 0. The zero-order valence-corrected chi connectivity index (χ0v) is 5.85. The Balaban J connectivity index is 2.74. The van der Waals surface area contributed by atoms with Gasteiger partial charge in [0.1, 0.15) is 0 Å². The van der Waals surface area contributed by atoms with E-state index in [-0.39, 0.29) is 6.42 Å². The molecule has 0 amide bonds. The van der Waals surface area contributed by atoms with Gasteiger partial charge in [-0.1, -0.05) is 11.6 Å². The normalized spacial score (nSPS) is 9.70. The second kappa shape index (κ2) is 2.75. The minimum absolute atomic E-state index is 0.0498. The molecule has 0 saturated carbocycles. The largest absolute Gasteiger partial charge is 0.481 e. The topological polar surface area (TPSA) is 53.1 Å². The number of carboxylic acid groups (broad SMARTS) is 1. The average Bonchev–Trinajstić information content (AvgIpc) is 2.15. The fourth-order valence-electron chi connectivity index (χ4n) is 0.672. The summed E-state index contributed by atoms with van der Waals surface area (Å²) in [5.41, 5.74) is 0.550. The Bertz CT molecular complexity index is 244. The van der Waals surface area contributed by atoms with Gasteiger partial charge in [0.05, 0.1) is 11.4 Å². The predicted molar refractivity (Wildman–Crippen MR) is 37.1 cm³/mol. The maximum Gasteiger partial charge on any atom is 0.309 e. The zero-order chi connectivity index (χ0) is 7.56. The number of nitrogens with one attached hydrogen (secondary N) is 1. The second-order valence-corrected chi connectivity index (χ2v) is 2.28. The lowest BCUT2D eigenvalue weighted by Crippen LogP contribution is -2.00. The summed E-state index contributed by atoms with van der Waals surface area (Å²) in [6, 6.07) is 1.62. The van der Waals surface area contributed by atoms with Crippen molar-refractivity contribution in [2.45, 2.75) is 6.42 Å². The lowest BCUT2D eigenvalue weighted by molar-refractivity contribution is -0.136. The van der Waals surface area contributed by atoms with Crippen molar-refractivity contribution in [1.29, 1.82) is 0 Å². The molecule has 1 heterocycles. The molecule has 0 aromatic carbocycles. The summed E-state index contributed by atoms with van der Waals surface area (Å²) >= 11 is 5.59. The first kappa shape index (κ1) is 7.15. The van der Waals surface area contributed by atoms with Gasteiger partial charge in [-0.2, -0.15) is 0 Å². The highest BCUT2D eigenvalue weighted by molar-refractivity contribution is 6.31. The third-order valence-electron chi connectivity index (χ3n) is 1.10. The first-order valence-corrected chi connectivity index (χ1v) is 3.11. The maximum absolute atomic E-state index is 10.1. The van der Waals surface area contributed by atoms with Crippen molar-refractivity contribution in [3.63, 3.8) is 0 Å². The van der Waals surface area contributed by atoms with Crippen molar-refractivity contribution >= 4 is 17.6 Å². The molecule has 0 bridgehead atoms. The van der Waals surface area contributed by atoms with Crippen LogP contribution in [-0.2, 0) is 11.2 Å². The first-order valence-electron chi connectivity index (χ1n) is 2.73. The zero-order valence-electron chi connectivity index (χ0n) is 5.10. The van der Waals surface area contributed by atoms with E-state index < -0.39 is 5.97 Å². The van der Waals surface area contributed by atoms with E-state index in [9.17, 15) is 4.79 Å². The van der Waals surface area contributed by atoms with Crippen molar-refractivity contribution in [3.05, 3.63) is 23.0 Å². The molecule has 4 heteroatoms. The molecule has 3 nitrogen and oxygen atoms in total. The van der Waals surface area contributed by atoms with Crippen LogP contribution < -0.4 is 0 Å². The monoisotopic (exact) mass is 159 g/mol. The van der Waals surface area contributed by atoms with Gasteiger partial charge in [-0.3, -0.25) is 4.79 Å². The van der Waals surface area contributed by atoms with Gasteiger partial charge >= 0.3 is 5.97 Å². The summed E-state index contributed by atoms with van der Waals surface area (Å²) in [6.45, 7) is 0. The van der Waals surface area contributed by atoms with E-state index in [0.29, 0.717) is 10.7 Å². The number of aromatic nitrogens is 1. The molecule has 0 aliphatic rings. The Morgan fingerprint density at radius 2 is 2.50 bits per heavy atom. The number of H-pyrrole nitrogens is 1. The molecule has 0 fully saturated rings. The van der Waals surface area contributed by atoms with Crippen molar-refractivity contribution in [1.82, 2.24) is 4.98 Å². The van der Waals surface area contributed by atoms with Crippen molar-refractivity contribution in [2.75, 3.05) is 0 Å². The molecule has 1 aromatic rings. The van der Waals surface area contributed by atoms with Gasteiger partial charge < -0.3 is 10.1 Å². The molecular formula is C6H6ClNO2. The lowest BCUT2D eigenvalue weighted by Gasteiger charge is -1.90. The third-order valence-corrected chi connectivity index (χ3v) is 1.46. The summed E-state index contributed by atoms with van der Waals surface area (Å²) in [6.07, 6.45) is 1.56. The highest BCUT2D eigenvalue weighted by atomic mass is 35.5. The number of aliphatic carboxylic acids is 1. The number of carbonyl (C=O) groups is 1. The molecule has 0 spiro atoms. The van der Waals surface area contributed by atoms with E-state index in [4.69, 9.17) is 16.7 Å². The Hall–Kier alpha value is -0.960. The number of rotatable bonds is 2. The quantitative estimate of drug-likeness (QED) is 0.684. The standard InChI is InChI=1S/C6H6ClNO2/c7-4-1-2-8-5(4)3-6(9)10/h1-2,8H,3H2,(H,9,10). The molecule has 1 rings (SSSR count). The second-order valence-electron chi connectivity index (χ2n) is 1.87. The van der Waals surface area contributed by atoms with E-state index in [2.05, 4.69) is 4.98 Å². The highest BCUT2D eigenvalue weighted by Gasteiger charge is 2.04. The fraction of sp³-hybridized carbons (Fsp3) is 0.167. The Labute approximate surface area is 62.6 Å². The number of aromatic amines is 1. The molecule has 2 N–H and O–H groups in total. The predicted octanol–water partition coefficient (Wildman–Crippen LogP) is 1.30. The molecule has 0 aliphatic heterocycles. The molecule has 0 saturated heterocycles. The number of carboxylic acids is 1. The van der Waals surface area contributed by atoms with Gasteiger partial charge in [0.2, 0.25) is 0 Å². The van der Waals surface area contributed by atoms with Crippen LogP contribution in [0, 0.1) is 0 Å². The van der Waals surface area contributed by atoms with E-state index in [1.807, 2.05) is 0 Å². The van der Waals surface area contributed by atoms with Crippen LogP contribution in [0.25, 0.3) is 0 Å².